The lowest BCUT2D eigenvalue weighted by Gasteiger charge is -2.08. The summed E-state index contributed by atoms with van der Waals surface area (Å²) in [5.41, 5.74) is 5.59. The second-order valence-corrected chi connectivity index (χ2v) is 11.5. The van der Waals surface area contributed by atoms with Crippen molar-refractivity contribution in [3.63, 3.8) is 0 Å². The van der Waals surface area contributed by atoms with E-state index in [1.807, 2.05) is 34.0 Å². The molecule has 0 saturated carbocycles. The van der Waals surface area contributed by atoms with E-state index in [0.717, 1.165) is 12.8 Å². The predicted octanol–water partition coefficient (Wildman–Crippen LogP) is 10.3. The van der Waals surface area contributed by atoms with E-state index in [0.29, 0.717) is 0 Å². The lowest BCUT2D eigenvalue weighted by Crippen LogP contribution is -1.85. The zero-order chi connectivity index (χ0) is 22.4. The minimum atomic E-state index is 1.05. The Kier molecular flexibility index (Phi) is 5.41. The van der Waals surface area contributed by atoms with Crippen LogP contribution in [-0.4, -0.2) is 0 Å². The van der Waals surface area contributed by atoms with Gasteiger partial charge in [0.15, 0.2) is 0 Å². The van der Waals surface area contributed by atoms with Crippen LogP contribution in [0.1, 0.15) is 23.6 Å². The smallest absolute Gasteiger partial charge is 0.0445 e. The second kappa shape index (κ2) is 8.57. The Morgan fingerprint density at radius 3 is 1.88 bits per heavy atom. The highest BCUT2D eigenvalue weighted by atomic mass is 32.1. The third-order valence-electron chi connectivity index (χ3n) is 6.27. The maximum absolute atomic E-state index is 2.44. The van der Waals surface area contributed by atoms with Crippen molar-refractivity contribution in [2.45, 2.75) is 26.7 Å². The monoisotopic (exact) mass is 480 g/mol. The molecule has 0 atom stereocenters. The molecule has 0 N–H and O–H groups in total. The van der Waals surface area contributed by atoms with Gasteiger partial charge in [0.05, 0.1) is 0 Å². The minimum absolute atomic E-state index is 1.05. The molecule has 0 aliphatic heterocycles. The Hall–Kier alpha value is -2.72. The number of thiophene rings is 3. The Balaban J connectivity index is 1.68. The second-order valence-electron chi connectivity index (χ2n) is 8.22. The number of rotatable bonds is 5. The summed E-state index contributed by atoms with van der Waals surface area (Å²) in [6, 6.07) is 31.1. The first-order chi connectivity index (χ1) is 16.3. The lowest BCUT2D eigenvalue weighted by atomic mass is 9.95. The molecule has 0 nitrogen and oxygen atoms in total. The highest BCUT2D eigenvalue weighted by Gasteiger charge is 2.24. The van der Waals surface area contributed by atoms with E-state index >= 15 is 0 Å². The molecular weight excluding hydrogens is 457 g/mol. The maximum Gasteiger partial charge on any atom is 0.0445 e. The molecule has 0 amide bonds. The van der Waals surface area contributed by atoms with E-state index < -0.39 is 0 Å². The predicted molar refractivity (Wildman–Crippen MR) is 150 cm³/mol. The number of fused-ring (bicyclic) bond motifs is 2. The summed E-state index contributed by atoms with van der Waals surface area (Å²) in [7, 11) is 0. The first-order valence-electron chi connectivity index (χ1n) is 11.5. The molecule has 3 heterocycles. The summed E-state index contributed by atoms with van der Waals surface area (Å²) in [4.78, 5) is 5.73. The molecule has 0 radical (unpaired) electrons. The molecule has 3 aromatic heterocycles. The van der Waals surface area contributed by atoms with Crippen LogP contribution in [0.5, 0.6) is 0 Å². The van der Waals surface area contributed by atoms with Gasteiger partial charge < -0.3 is 0 Å². The molecule has 0 saturated heterocycles. The summed E-state index contributed by atoms with van der Waals surface area (Å²) in [6.07, 6.45) is 2.10. The summed E-state index contributed by atoms with van der Waals surface area (Å²) >= 11 is 5.85. The van der Waals surface area contributed by atoms with Gasteiger partial charge >= 0.3 is 0 Å². The molecule has 3 heteroatoms. The largest absolute Gasteiger partial charge is 0.140 e. The van der Waals surface area contributed by atoms with Gasteiger partial charge in [0, 0.05) is 56.4 Å². The Morgan fingerprint density at radius 1 is 0.576 bits per heavy atom. The fraction of sp³-hybridized carbons (Fsp3) is 0.133. The van der Waals surface area contributed by atoms with E-state index in [4.69, 9.17) is 0 Å². The van der Waals surface area contributed by atoms with Gasteiger partial charge in [-0.1, -0.05) is 80.6 Å². The first kappa shape index (κ1) is 20.9. The van der Waals surface area contributed by atoms with Crippen LogP contribution >= 0.6 is 34.0 Å². The van der Waals surface area contributed by atoms with Crippen molar-refractivity contribution in [2.75, 3.05) is 0 Å². The van der Waals surface area contributed by atoms with Gasteiger partial charge in [-0.3, -0.25) is 0 Å². The van der Waals surface area contributed by atoms with Crippen molar-refractivity contribution in [2.24, 2.45) is 0 Å². The zero-order valence-electron chi connectivity index (χ0n) is 18.7. The average molecular weight is 481 g/mol. The molecule has 162 valence electrons. The molecule has 6 aromatic rings. The van der Waals surface area contributed by atoms with Crippen LogP contribution in [0.25, 0.3) is 52.2 Å². The van der Waals surface area contributed by atoms with Gasteiger partial charge in [-0.25, -0.2) is 0 Å². The minimum Gasteiger partial charge on any atom is -0.140 e. The normalized spacial score (nSPS) is 11.6. The quantitative estimate of drug-likeness (QED) is 0.230. The fourth-order valence-electron chi connectivity index (χ4n) is 4.73. The van der Waals surface area contributed by atoms with E-state index in [1.165, 1.54) is 61.9 Å². The van der Waals surface area contributed by atoms with Crippen molar-refractivity contribution < 1.29 is 0 Å². The van der Waals surface area contributed by atoms with Crippen LogP contribution < -0.4 is 0 Å². The third-order valence-corrected chi connectivity index (χ3v) is 10.1. The maximum atomic E-state index is 2.44. The van der Waals surface area contributed by atoms with E-state index in [1.54, 1.807) is 0 Å². The van der Waals surface area contributed by atoms with Crippen molar-refractivity contribution in [1.29, 1.82) is 0 Å². The molecule has 0 bridgehead atoms. The fourth-order valence-corrected chi connectivity index (χ4v) is 8.31. The summed E-state index contributed by atoms with van der Waals surface area (Å²) in [5.74, 6) is 0. The SMILES string of the molecule is CCc1sc(-c2ccccc2)cc1-c1sc2ccccc2c1-c1c(CC)sc2ccccc12. The van der Waals surface area contributed by atoms with E-state index in [-0.39, 0.29) is 0 Å². The Labute approximate surface area is 206 Å². The van der Waals surface area contributed by atoms with Crippen LogP contribution in [0.15, 0.2) is 84.9 Å². The number of benzene rings is 3. The third kappa shape index (κ3) is 3.47. The van der Waals surface area contributed by atoms with Crippen LogP contribution in [0.3, 0.4) is 0 Å². The van der Waals surface area contributed by atoms with Crippen molar-refractivity contribution in [3.05, 3.63) is 94.7 Å². The molecule has 0 spiro atoms. The van der Waals surface area contributed by atoms with Crippen LogP contribution in [0.4, 0.5) is 0 Å². The molecule has 0 unspecified atom stereocenters. The van der Waals surface area contributed by atoms with E-state index in [9.17, 15) is 0 Å². The average Bonchev–Trinajstić information content (AvgIpc) is 3.56. The molecular formula is C30H24S3. The van der Waals surface area contributed by atoms with Crippen LogP contribution in [0, 0.1) is 0 Å². The molecule has 0 aliphatic rings. The topological polar surface area (TPSA) is 0 Å². The number of aryl methyl sites for hydroxylation is 2. The summed E-state index contributed by atoms with van der Waals surface area (Å²) in [6.45, 7) is 4.58. The summed E-state index contributed by atoms with van der Waals surface area (Å²) < 4.78 is 2.76. The van der Waals surface area contributed by atoms with Gasteiger partial charge in [0.25, 0.3) is 0 Å². The van der Waals surface area contributed by atoms with Crippen LogP contribution in [-0.2, 0) is 12.8 Å². The molecule has 0 fully saturated rings. The molecule has 0 aliphatic carbocycles. The van der Waals surface area contributed by atoms with Crippen molar-refractivity contribution >= 4 is 54.2 Å². The first-order valence-corrected chi connectivity index (χ1v) is 13.9. The lowest BCUT2D eigenvalue weighted by molar-refractivity contribution is 1.19. The van der Waals surface area contributed by atoms with Gasteiger partial charge in [-0.05, 0) is 36.6 Å². The highest BCUT2D eigenvalue weighted by Crippen LogP contribution is 2.52. The number of hydrogen-bond donors (Lipinski definition) is 0. The number of hydrogen-bond acceptors (Lipinski definition) is 3. The van der Waals surface area contributed by atoms with E-state index in [2.05, 4.69) is 98.8 Å². The standard InChI is InChI=1S/C30H24S3/c1-3-23-22(18-27(31-23)19-12-6-5-7-13-19)30-29(21-15-9-11-17-26(21)33-30)28-20-14-8-10-16-25(20)32-24(28)4-2/h5-18H,3-4H2,1-2H3. The van der Waals surface area contributed by atoms with Gasteiger partial charge in [0.1, 0.15) is 0 Å². The van der Waals surface area contributed by atoms with Crippen LogP contribution in [0.2, 0.25) is 0 Å². The molecule has 6 rings (SSSR count). The Bertz CT molecular complexity index is 1580. The zero-order valence-corrected chi connectivity index (χ0v) is 21.2. The van der Waals surface area contributed by atoms with Gasteiger partial charge in [0.2, 0.25) is 0 Å². The molecule has 3 aromatic carbocycles. The van der Waals surface area contributed by atoms with Crippen molar-refractivity contribution in [1.82, 2.24) is 0 Å². The Morgan fingerprint density at radius 2 is 1.18 bits per heavy atom. The molecule has 33 heavy (non-hydrogen) atoms. The summed E-state index contributed by atoms with van der Waals surface area (Å²) in [5, 5.41) is 2.77. The highest BCUT2D eigenvalue weighted by molar-refractivity contribution is 7.24. The van der Waals surface area contributed by atoms with Crippen molar-refractivity contribution in [3.8, 4) is 32.0 Å². The van der Waals surface area contributed by atoms with Gasteiger partial charge in [-0.15, -0.1) is 34.0 Å². The van der Waals surface area contributed by atoms with Gasteiger partial charge in [-0.2, -0.15) is 0 Å².